The number of rotatable bonds is 4. The van der Waals surface area contributed by atoms with Crippen molar-refractivity contribution >= 4 is 11.9 Å². The average molecular weight is 513 g/mol. The van der Waals surface area contributed by atoms with Gasteiger partial charge in [0.05, 0.1) is 11.1 Å². The fraction of sp³-hybridized carbons (Fsp3) is 0.529. The molecule has 0 radical (unpaired) electrons. The van der Waals surface area contributed by atoms with Crippen molar-refractivity contribution in [2.45, 2.75) is 77.4 Å². The van der Waals surface area contributed by atoms with Crippen LogP contribution < -0.4 is 0 Å². The van der Waals surface area contributed by atoms with Crippen LogP contribution in [0, 0.1) is 34.5 Å². The quantitative estimate of drug-likeness (QED) is 0.312. The Hall–Kier alpha value is -2.88. The Kier molecular flexibility index (Phi) is 6.48. The Balaban J connectivity index is 1.15. The van der Waals surface area contributed by atoms with Gasteiger partial charge < -0.3 is 9.47 Å². The predicted octanol–water partition coefficient (Wildman–Crippen LogP) is 7.65. The SMILES string of the molecule is C=C1C[C@H]2C[C@@H](OC(=O)c3ccccc3)CC[C@]2(C)[C@@H]2CC[C@@]3(C)[C@@H](OC(=O)c4ccccc4)CC[C@H]3[C@@H]12. The van der Waals surface area contributed by atoms with E-state index in [4.69, 9.17) is 9.47 Å². The number of hydrogen-bond donors (Lipinski definition) is 0. The van der Waals surface area contributed by atoms with E-state index in [1.54, 1.807) is 0 Å². The van der Waals surface area contributed by atoms with Crippen molar-refractivity contribution in [2.24, 2.45) is 34.5 Å². The van der Waals surface area contributed by atoms with Gasteiger partial charge in [0.1, 0.15) is 12.2 Å². The van der Waals surface area contributed by atoms with Crippen LogP contribution in [-0.2, 0) is 9.47 Å². The number of carbonyl (C=O) groups excluding carboxylic acids is 2. The zero-order valence-corrected chi connectivity index (χ0v) is 22.7. The third-order valence-corrected chi connectivity index (χ3v) is 11.0. The van der Waals surface area contributed by atoms with Crippen LogP contribution >= 0.6 is 0 Å². The highest BCUT2D eigenvalue weighted by Crippen LogP contribution is 2.67. The molecule has 4 aliphatic rings. The lowest BCUT2D eigenvalue weighted by Crippen LogP contribution is -2.55. The van der Waals surface area contributed by atoms with Gasteiger partial charge in [-0.05, 0) is 105 Å². The molecular weight excluding hydrogens is 472 g/mol. The number of esters is 2. The Morgan fingerprint density at radius 1 is 0.763 bits per heavy atom. The summed E-state index contributed by atoms with van der Waals surface area (Å²) in [5, 5.41) is 0. The van der Waals surface area contributed by atoms with E-state index in [0.717, 1.165) is 51.4 Å². The second-order valence-electron chi connectivity index (χ2n) is 12.9. The molecule has 6 rings (SSSR count). The van der Waals surface area contributed by atoms with Gasteiger partial charge in [0.2, 0.25) is 0 Å². The molecule has 0 bridgehead atoms. The smallest absolute Gasteiger partial charge is 0.338 e. The van der Waals surface area contributed by atoms with Crippen LogP contribution in [0.25, 0.3) is 0 Å². The first-order valence-electron chi connectivity index (χ1n) is 14.5. The highest BCUT2D eigenvalue weighted by Gasteiger charge is 2.62. The first kappa shape index (κ1) is 25.4. The molecule has 0 N–H and O–H groups in total. The van der Waals surface area contributed by atoms with Crippen molar-refractivity contribution in [1.29, 1.82) is 0 Å². The molecule has 0 amide bonds. The topological polar surface area (TPSA) is 52.6 Å². The monoisotopic (exact) mass is 512 g/mol. The molecule has 4 saturated carbocycles. The molecule has 4 fully saturated rings. The van der Waals surface area contributed by atoms with Crippen molar-refractivity contribution in [3.8, 4) is 0 Å². The molecule has 38 heavy (non-hydrogen) atoms. The molecule has 2 aromatic rings. The van der Waals surface area contributed by atoms with Crippen molar-refractivity contribution in [2.75, 3.05) is 0 Å². The first-order chi connectivity index (χ1) is 18.3. The third kappa shape index (κ3) is 4.21. The van der Waals surface area contributed by atoms with Crippen LogP contribution in [0.1, 0.15) is 85.9 Å². The summed E-state index contributed by atoms with van der Waals surface area (Å²) < 4.78 is 12.2. The molecule has 0 aliphatic heterocycles. The summed E-state index contributed by atoms with van der Waals surface area (Å²) in [6.45, 7) is 9.53. The molecule has 2 aromatic carbocycles. The molecule has 4 nitrogen and oxygen atoms in total. The lowest BCUT2D eigenvalue weighted by atomic mass is 9.44. The van der Waals surface area contributed by atoms with Crippen molar-refractivity contribution < 1.29 is 19.1 Å². The van der Waals surface area contributed by atoms with Crippen molar-refractivity contribution in [3.63, 3.8) is 0 Å². The van der Waals surface area contributed by atoms with Gasteiger partial charge in [-0.25, -0.2) is 9.59 Å². The summed E-state index contributed by atoms with van der Waals surface area (Å²) in [6.07, 6.45) is 8.18. The summed E-state index contributed by atoms with van der Waals surface area (Å²) in [6, 6.07) is 18.7. The minimum absolute atomic E-state index is 0.000158. The van der Waals surface area contributed by atoms with Gasteiger partial charge in [-0.1, -0.05) is 62.4 Å². The molecule has 0 aromatic heterocycles. The number of benzene rings is 2. The van der Waals surface area contributed by atoms with Gasteiger partial charge in [-0.2, -0.15) is 0 Å². The van der Waals surface area contributed by atoms with E-state index in [-0.39, 0.29) is 35.0 Å². The number of fused-ring (bicyclic) bond motifs is 5. The van der Waals surface area contributed by atoms with Gasteiger partial charge in [-0.3, -0.25) is 0 Å². The maximum Gasteiger partial charge on any atom is 0.338 e. The Labute approximate surface area is 226 Å². The minimum Gasteiger partial charge on any atom is -0.459 e. The standard InChI is InChI=1S/C34H40O4/c1-22-20-25-21-26(37-31(35)23-10-6-4-7-11-23)16-18-33(25,2)28-17-19-34(3)27(30(22)28)14-15-29(34)38-32(36)24-12-8-5-9-13-24/h4-13,25-30H,1,14-21H2,2-3H3/t25-,26-,27-,28+,29-,30+,33-,34+/m0/s1. The van der Waals surface area contributed by atoms with Gasteiger partial charge in [0, 0.05) is 5.41 Å². The summed E-state index contributed by atoms with van der Waals surface area (Å²) in [4.78, 5) is 25.7. The highest BCUT2D eigenvalue weighted by atomic mass is 16.5. The molecule has 4 aliphatic carbocycles. The van der Waals surface area contributed by atoms with E-state index >= 15 is 0 Å². The third-order valence-electron chi connectivity index (χ3n) is 11.0. The van der Waals surface area contributed by atoms with Crippen LogP contribution in [0.5, 0.6) is 0 Å². The predicted molar refractivity (Wildman–Crippen MR) is 148 cm³/mol. The summed E-state index contributed by atoms with van der Waals surface area (Å²) in [5.41, 5.74) is 2.88. The van der Waals surface area contributed by atoms with Crippen LogP contribution in [0.15, 0.2) is 72.8 Å². The van der Waals surface area contributed by atoms with E-state index in [2.05, 4.69) is 20.4 Å². The van der Waals surface area contributed by atoms with Gasteiger partial charge in [0.25, 0.3) is 0 Å². The van der Waals surface area contributed by atoms with Crippen LogP contribution in [0.2, 0.25) is 0 Å². The maximum absolute atomic E-state index is 12.9. The van der Waals surface area contributed by atoms with E-state index in [0.29, 0.717) is 34.8 Å². The maximum atomic E-state index is 12.9. The zero-order valence-electron chi connectivity index (χ0n) is 22.7. The minimum atomic E-state index is -0.206. The molecule has 0 unspecified atom stereocenters. The molecule has 200 valence electrons. The second kappa shape index (κ2) is 9.70. The summed E-state index contributed by atoms with van der Waals surface area (Å²) >= 11 is 0. The van der Waals surface area contributed by atoms with Gasteiger partial charge >= 0.3 is 11.9 Å². The molecular formula is C34H40O4. The van der Waals surface area contributed by atoms with E-state index in [1.165, 1.54) is 5.57 Å². The van der Waals surface area contributed by atoms with Crippen LogP contribution in [0.3, 0.4) is 0 Å². The van der Waals surface area contributed by atoms with Gasteiger partial charge in [0.15, 0.2) is 0 Å². The lowest BCUT2D eigenvalue weighted by Gasteiger charge is -2.61. The normalized spacial score (nSPS) is 37.9. The molecule has 0 heterocycles. The van der Waals surface area contributed by atoms with Crippen molar-refractivity contribution in [3.05, 3.63) is 83.9 Å². The largest absolute Gasteiger partial charge is 0.459 e. The van der Waals surface area contributed by atoms with Crippen LogP contribution in [0.4, 0.5) is 0 Å². The van der Waals surface area contributed by atoms with Crippen molar-refractivity contribution in [1.82, 2.24) is 0 Å². The summed E-state index contributed by atoms with van der Waals surface area (Å²) in [7, 11) is 0. The number of carbonyl (C=O) groups is 2. The fourth-order valence-electron chi connectivity index (χ4n) is 8.90. The molecule has 0 spiro atoms. The average Bonchev–Trinajstić information content (AvgIpc) is 3.26. The molecule has 0 saturated heterocycles. The summed E-state index contributed by atoms with van der Waals surface area (Å²) in [5.74, 6) is 1.68. The number of ether oxygens (including phenoxy) is 2. The number of hydrogen-bond acceptors (Lipinski definition) is 4. The fourth-order valence-corrected chi connectivity index (χ4v) is 8.90. The molecule has 4 heteroatoms. The Bertz CT molecular complexity index is 1210. The lowest BCUT2D eigenvalue weighted by molar-refractivity contribution is -0.116. The van der Waals surface area contributed by atoms with Crippen LogP contribution in [-0.4, -0.2) is 24.1 Å². The Morgan fingerprint density at radius 3 is 2.00 bits per heavy atom. The highest BCUT2D eigenvalue weighted by molar-refractivity contribution is 5.89. The number of allylic oxidation sites excluding steroid dienone is 1. The van der Waals surface area contributed by atoms with Gasteiger partial charge in [-0.15, -0.1) is 0 Å². The first-order valence-corrected chi connectivity index (χ1v) is 14.5. The van der Waals surface area contributed by atoms with E-state index in [9.17, 15) is 9.59 Å². The Morgan fingerprint density at radius 2 is 1.34 bits per heavy atom. The van der Waals surface area contributed by atoms with E-state index in [1.807, 2.05) is 60.7 Å². The second-order valence-corrected chi connectivity index (χ2v) is 12.9. The zero-order chi connectivity index (χ0) is 26.5. The molecule has 8 atom stereocenters. The van der Waals surface area contributed by atoms with E-state index < -0.39 is 0 Å².